The fourth-order valence-corrected chi connectivity index (χ4v) is 6.15. The minimum atomic E-state index is -0.854. The van der Waals surface area contributed by atoms with Crippen LogP contribution in [0.3, 0.4) is 0 Å². The number of aromatic amines is 4. The number of aliphatic carboxylic acids is 2. The fraction of sp³-hybridized carbons (Fsp3) is 0.294. The highest BCUT2D eigenvalue weighted by Gasteiger charge is 2.16. The highest BCUT2D eigenvalue weighted by Crippen LogP contribution is 2.22. The maximum atomic E-state index is 11.5. The van der Waals surface area contributed by atoms with Crippen LogP contribution in [0.25, 0.3) is 36.5 Å². The Morgan fingerprint density at radius 2 is 1.02 bits per heavy atom. The van der Waals surface area contributed by atoms with Gasteiger partial charge in [-0.05, 0) is 123 Å². The van der Waals surface area contributed by atoms with Crippen molar-refractivity contribution < 1.29 is 19.8 Å². The van der Waals surface area contributed by atoms with E-state index in [-0.39, 0.29) is 12.8 Å². The Morgan fingerprint density at radius 3 is 1.52 bits per heavy atom. The fourth-order valence-electron chi connectivity index (χ4n) is 6.15. The van der Waals surface area contributed by atoms with E-state index in [0.717, 1.165) is 88.0 Å². The first-order valence-corrected chi connectivity index (χ1v) is 14.3. The van der Waals surface area contributed by atoms with E-state index in [0.29, 0.717) is 12.8 Å². The normalized spacial score (nSPS) is 16.6. The number of carbonyl (C=O) groups is 2. The Bertz CT molecular complexity index is 2110. The largest absolute Gasteiger partial charge is 0.481 e. The summed E-state index contributed by atoms with van der Waals surface area (Å²) >= 11 is 0. The number of hydrogen-bond acceptors (Lipinski definition) is 2. The molecular weight excluding hydrogens is 528 g/mol. The topological polar surface area (TPSA) is 138 Å². The van der Waals surface area contributed by atoms with E-state index in [2.05, 4.69) is 64.2 Å². The van der Waals surface area contributed by atoms with Crippen molar-refractivity contribution >= 4 is 48.4 Å². The summed E-state index contributed by atoms with van der Waals surface area (Å²) in [7, 11) is 0. The molecule has 4 aromatic rings. The third-order valence-electron chi connectivity index (χ3n) is 8.55. The SMILES string of the molecule is C/C=c1/c(C)c2[nH]/c1=C\c1[nH]c(c(CCC(=O)O)c1C)/C=c1\[nH]/c(c(C)c1CCC(=O)O)=C\c1[nH]c(/c(=C\C)c1C)=C\2. The van der Waals surface area contributed by atoms with Crippen LogP contribution in [0, 0.1) is 27.7 Å². The van der Waals surface area contributed by atoms with Crippen molar-refractivity contribution in [2.75, 3.05) is 0 Å². The molecule has 0 radical (unpaired) electrons. The van der Waals surface area contributed by atoms with Gasteiger partial charge in [-0.2, -0.15) is 0 Å². The van der Waals surface area contributed by atoms with Crippen LogP contribution >= 0.6 is 0 Å². The zero-order valence-corrected chi connectivity index (χ0v) is 25.0. The number of hydrogen-bond donors (Lipinski definition) is 6. The Labute approximate surface area is 243 Å². The first-order chi connectivity index (χ1) is 20.0. The molecule has 6 N–H and O–H groups in total. The van der Waals surface area contributed by atoms with Gasteiger partial charge < -0.3 is 30.1 Å². The number of rotatable bonds is 6. The molecule has 0 saturated carbocycles. The van der Waals surface area contributed by atoms with Gasteiger partial charge in [-0.15, -0.1) is 0 Å². The van der Waals surface area contributed by atoms with E-state index < -0.39 is 11.9 Å². The lowest BCUT2D eigenvalue weighted by molar-refractivity contribution is -0.138. The van der Waals surface area contributed by atoms with Gasteiger partial charge in [-0.1, -0.05) is 12.2 Å². The Balaban J connectivity index is 1.94. The Hall–Kier alpha value is -4.72. The molecule has 0 saturated heterocycles. The molecule has 0 amide bonds. The molecule has 0 fully saturated rings. The van der Waals surface area contributed by atoms with E-state index in [1.54, 1.807) is 0 Å². The van der Waals surface area contributed by atoms with E-state index >= 15 is 0 Å². The van der Waals surface area contributed by atoms with Gasteiger partial charge in [-0.3, -0.25) is 9.59 Å². The summed E-state index contributed by atoms with van der Waals surface area (Å²) in [4.78, 5) is 37.4. The molecule has 0 atom stereocenters. The molecule has 0 unspecified atom stereocenters. The summed E-state index contributed by atoms with van der Waals surface area (Å²) in [5.74, 6) is -1.71. The average molecular weight is 567 g/mol. The van der Waals surface area contributed by atoms with Crippen LogP contribution in [0.1, 0.15) is 82.8 Å². The van der Waals surface area contributed by atoms with E-state index in [4.69, 9.17) is 0 Å². The second-order valence-corrected chi connectivity index (χ2v) is 11.0. The third-order valence-corrected chi connectivity index (χ3v) is 8.55. The maximum absolute atomic E-state index is 11.5. The zero-order chi connectivity index (χ0) is 30.3. The zero-order valence-electron chi connectivity index (χ0n) is 25.0. The van der Waals surface area contributed by atoms with E-state index in [1.165, 1.54) is 0 Å². The standard InChI is InChI=1S/C34H38N4O4/c1-7-21-17(3)25-13-26-19(5)23(9-11-33(39)40)31(37-26)16-32-24(10-12-34(41)42)20(6)28(38-32)15-30-22(8-2)18(4)27(36-30)14-29(21)35-25/h7-8,13-16,35-38H,9-12H2,1-6H3,(H,39,40)(H,41,42)/b21-7-,22-8-,26-13-,29-14-,30-15-,31-16-. The van der Waals surface area contributed by atoms with Crippen molar-refractivity contribution in [2.24, 2.45) is 0 Å². The highest BCUT2D eigenvalue weighted by molar-refractivity contribution is 5.69. The van der Waals surface area contributed by atoms with Crippen LogP contribution < -0.4 is 31.8 Å². The maximum Gasteiger partial charge on any atom is 0.303 e. The van der Waals surface area contributed by atoms with Crippen LogP contribution in [-0.4, -0.2) is 42.1 Å². The molecule has 0 aliphatic carbocycles. The number of nitrogens with one attached hydrogen (secondary N) is 4. The summed E-state index contributed by atoms with van der Waals surface area (Å²) in [5, 5.41) is 24.9. The van der Waals surface area contributed by atoms with Gasteiger partial charge >= 0.3 is 11.9 Å². The lowest BCUT2D eigenvalue weighted by Crippen LogP contribution is -2.24. The molecule has 5 rings (SSSR count). The van der Waals surface area contributed by atoms with Crippen molar-refractivity contribution in [1.82, 2.24) is 19.9 Å². The van der Waals surface area contributed by atoms with Crippen LogP contribution in [0.4, 0.5) is 0 Å². The Morgan fingerprint density at radius 1 is 0.571 bits per heavy atom. The van der Waals surface area contributed by atoms with Gasteiger partial charge in [0, 0.05) is 57.0 Å². The summed E-state index contributed by atoms with van der Waals surface area (Å²) in [5.41, 5.74) is 9.79. The van der Waals surface area contributed by atoms with Gasteiger partial charge in [0.2, 0.25) is 0 Å². The lowest BCUT2D eigenvalue weighted by Gasteiger charge is -2.01. The molecule has 8 heteroatoms. The van der Waals surface area contributed by atoms with Crippen LogP contribution in [0.5, 0.6) is 0 Å². The van der Waals surface area contributed by atoms with Crippen molar-refractivity contribution in [1.29, 1.82) is 0 Å². The number of H-pyrrole nitrogens is 4. The predicted octanol–water partition coefficient (Wildman–Crippen LogP) is 1.50. The smallest absolute Gasteiger partial charge is 0.303 e. The first-order valence-electron chi connectivity index (χ1n) is 14.3. The van der Waals surface area contributed by atoms with Crippen LogP contribution in [0.15, 0.2) is 0 Å². The van der Waals surface area contributed by atoms with Gasteiger partial charge in [0.25, 0.3) is 0 Å². The summed E-state index contributed by atoms with van der Waals surface area (Å²) in [6, 6.07) is 0. The molecule has 1 aliphatic rings. The number of carboxylic acid groups (broad SMARTS) is 2. The molecule has 5 heterocycles. The van der Waals surface area contributed by atoms with Gasteiger partial charge in [0.05, 0.1) is 0 Å². The highest BCUT2D eigenvalue weighted by atomic mass is 16.4. The number of carboxylic acids is 2. The summed E-state index contributed by atoms with van der Waals surface area (Å²) < 4.78 is 0. The third kappa shape index (κ3) is 5.20. The van der Waals surface area contributed by atoms with Gasteiger partial charge in [-0.25, -0.2) is 0 Å². The van der Waals surface area contributed by atoms with Crippen LogP contribution in [-0.2, 0) is 22.4 Å². The molecular formula is C34H38N4O4. The monoisotopic (exact) mass is 566 g/mol. The molecule has 1 aliphatic heterocycles. The van der Waals surface area contributed by atoms with E-state index in [1.807, 2.05) is 33.8 Å². The number of fused-ring (bicyclic) bond motifs is 8. The molecule has 0 spiro atoms. The first kappa shape index (κ1) is 28.8. The molecule has 218 valence electrons. The van der Waals surface area contributed by atoms with Crippen LogP contribution in [0.2, 0.25) is 0 Å². The molecule has 0 aromatic carbocycles. The predicted molar refractivity (Wildman–Crippen MR) is 166 cm³/mol. The summed E-state index contributed by atoms with van der Waals surface area (Å²) in [6.45, 7) is 12.3. The Kier molecular flexibility index (Phi) is 7.73. The summed E-state index contributed by atoms with van der Waals surface area (Å²) in [6.07, 6.45) is 13.3. The second kappa shape index (κ2) is 11.3. The number of aromatic nitrogens is 4. The minimum absolute atomic E-state index is 0.00727. The van der Waals surface area contributed by atoms with Crippen molar-refractivity contribution in [3.63, 3.8) is 0 Å². The van der Waals surface area contributed by atoms with Crippen molar-refractivity contribution in [2.45, 2.75) is 67.2 Å². The van der Waals surface area contributed by atoms with Crippen molar-refractivity contribution in [3.05, 3.63) is 88.0 Å². The van der Waals surface area contributed by atoms with Gasteiger partial charge in [0.15, 0.2) is 0 Å². The average Bonchev–Trinajstić information content (AvgIpc) is 3.59. The lowest BCUT2D eigenvalue weighted by atomic mass is 10.0. The van der Waals surface area contributed by atoms with Crippen molar-refractivity contribution in [3.8, 4) is 0 Å². The molecule has 4 aromatic heterocycles. The van der Waals surface area contributed by atoms with E-state index in [9.17, 15) is 19.8 Å². The molecule has 42 heavy (non-hydrogen) atoms. The van der Waals surface area contributed by atoms with Gasteiger partial charge in [0.1, 0.15) is 0 Å². The minimum Gasteiger partial charge on any atom is -0.481 e. The quantitative estimate of drug-likeness (QED) is 0.186. The molecule has 8 bridgehead atoms. The second-order valence-electron chi connectivity index (χ2n) is 11.0. The molecule has 8 nitrogen and oxygen atoms in total.